The number of carbonyl (C=O) groups is 3. The first-order chi connectivity index (χ1) is 16.8. The molecule has 0 bridgehead atoms. The van der Waals surface area contributed by atoms with Crippen LogP contribution in [0.5, 0.6) is 5.75 Å². The number of halogens is 1. The lowest BCUT2D eigenvalue weighted by molar-refractivity contribution is -0.122. The highest BCUT2D eigenvalue weighted by Gasteiger charge is 2.36. The molecule has 174 valence electrons. The van der Waals surface area contributed by atoms with Crippen LogP contribution in [0, 0.1) is 28.7 Å². The molecule has 3 aromatic rings. The van der Waals surface area contributed by atoms with Gasteiger partial charge in [-0.15, -0.1) is 0 Å². The number of amides is 4. The van der Waals surface area contributed by atoms with Gasteiger partial charge in [-0.2, -0.15) is 5.26 Å². The van der Waals surface area contributed by atoms with Gasteiger partial charge in [0, 0.05) is 5.56 Å². The molecular formula is C27H20IN3O4. The number of nitrogens with zero attached hydrogens (tertiary/aromatic N) is 2. The van der Waals surface area contributed by atoms with Crippen molar-refractivity contribution in [2.75, 3.05) is 4.90 Å². The molecule has 0 saturated carbocycles. The van der Waals surface area contributed by atoms with Gasteiger partial charge in [0.05, 0.1) is 20.9 Å². The van der Waals surface area contributed by atoms with E-state index in [9.17, 15) is 19.6 Å². The fourth-order valence-electron chi connectivity index (χ4n) is 3.56. The summed E-state index contributed by atoms with van der Waals surface area (Å²) in [6, 6.07) is 19.0. The van der Waals surface area contributed by atoms with Crippen LogP contribution in [-0.4, -0.2) is 17.8 Å². The van der Waals surface area contributed by atoms with Crippen LogP contribution >= 0.6 is 22.6 Å². The Bertz CT molecular complexity index is 1440. The van der Waals surface area contributed by atoms with Crippen LogP contribution in [0.2, 0.25) is 0 Å². The molecule has 0 unspecified atom stereocenters. The second-order valence-electron chi connectivity index (χ2n) is 7.97. The Morgan fingerprint density at radius 1 is 1.03 bits per heavy atom. The maximum absolute atomic E-state index is 13.1. The molecule has 0 aromatic heterocycles. The van der Waals surface area contributed by atoms with Crippen molar-refractivity contribution in [3.63, 3.8) is 0 Å². The van der Waals surface area contributed by atoms with Crippen LogP contribution in [0.15, 0.2) is 66.2 Å². The number of benzene rings is 3. The van der Waals surface area contributed by atoms with Gasteiger partial charge in [0.2, 0.25) is 0 Å². The number of hydrogen-bond donors (Lipinski definition) is 1. The first-order valence-corrected chi connectivity index (χ1v) is 11.8. The van der Waals surface area contributed by atoms with E-state index in [0.717, 1.165) is 25.2 Å². The number of hydrogen-bond acceptors (Lipinski definition) is 5. The summed E-state index contributed by atoms with van der Waals surface area (Å²) in [6.45, 7) is 4.05. The Kier molecular flexibility index (Phi) is 6.98. The zero-order valence-corrected chi connectivity index (χ0v) is 21.1. The molecule has 0 atom stereocenters. The Balaban J connectivity index is 1.58. The van der Waals surface area contributed by atoms with Crippen LogP contribution < -0.4 is 15.0 Å². The third-order valence-electron chi connectivity index (χ3n) is 5.64. The predicted molar refractivity (Wildman–Crippen MR) is 140 cm³/mol. The SMILES string of the molecule is Cc1ccc(N2C(=O)NC(=O)/C(=C\c3ccc(OCc4ccccc4C#N)c(I)c3)C2=O)cc1C. The minimum Gasteiger partial charge on any atom is -0.488 e. The zero-order valence-electron chi connectivity index (χ0n) is 19.0. The van der Waals surface area contributed by atoms with Crippen LogP contribution in [-0.2, 0) is 16.2 Å². The van der Waals surface area contributed by atoms with Gasteiger partial charge in [-0.1, -0.05) is 30.3 Å². The summed E-state index contributed by atoms with van der Waals surface area (Å²) in [5.41, 5.74) is 4.13. The normalized spacial score (nSPS) is 14.6. The van der Waals surface area contributed by atoms with Gasteiger partial charge < -0.3 is 4.74 Å². The first kappa shape index (κ1) is 24.2. The molecule has 1 aliphatic heterocycles. The van der Waals surface area contributed by atoms with Crippen LogP contribution in [0.1, 0.15) is 27.8 Å². The number of ether oxygens (including phenoxy) is 1. The summed E-state index contributed by atoms with van der Waals surface area (Å²) in [7, 11) is 0. The number of barbiturate groups is 1. The smallest absolute Gasteiger partial charge is 0.335 e. The van der Waals surface area contributed by atoms with Crippen molar-refractivity contribution in [1.29, 1.82) is 5.26 Å². The number of imide groups is 2. The number of nitriles is 1. The molecule has 0 spiro atoms. The number of anilines is 1. The van der Waals surface area contributed by atoms with E-state index in [2.05, 4.69) is 34.0 Å². The van der Waals surface area contributed by atoms with E-state index in [1.54, 1.807) is 42.5 Å². The Labute approximate surface area is 216 Å². The second-order valence-corrected chi connectivity index (χ2v) is 9.14. The Morgan fingerprint density at radius 2 is 1.80 bits per heavy atom. The topological polar surface area (TPSA) is 99.5 Å². The Hall–Kier alpha value is -3.97. The maximum atomic E-state index is 13.1. The van der Waals surface area contributed by atoms with Crippen LogP contribution in [0.4, 0.5) is 10.5 Å². The highest BCUT2D eigenvalue weighted by molar-refractivity contribution is 14.1. The van der Waals surface area contributed by atoms with Crippen molar-refractivity contribution in [3.05, 3.63) is 97.6 Å². The van der Waals surface area contributed by atoms with Gasteiger partial charge in [-0.25, -0.2) is 9.69 Å². The van der Waals surface area contributed by atoms with E-state index in [1.165, 1.54) is 6.08 Å². The molecular weight excluding hydrogens is 557 g/mol. The summed E-state index contributed by atoms with van der Waals surface area (Å²) < 4.78 is 6.65. The molecule has 4 amide bonds. The highest BCUT2D eigenvalue weighted by atomic mass is 127. The van der Waals surface area contributed by atoms with E-state index < -0.39 is 17.8 Å². The average Bonchev–Trinajstić information content (AvgIpc) is 2.83. The van der Waals surface area contributed by atoms with Crippen LogP contribution in [0.25, 0.3) is 6.08 Å². The van der Waals surface area contributed by atoms with Crippen LogP contribution in [0.3, 0.4) is 0 Å². The molecule has 1 saturated heterocycles. The molecule has 1 aliphatic rings. The third-order valence-corrected chi connectivity index (χ3v) is 6.48. The van der Waals surface area contributed by atoms with Gasteiger partial charge in [0.15, 0.2) is 0 Å². The maximum Gasteiger partial charge on any atom is 0.335 e. The van der Waals surface area contributed by atoms with E-state index in [-0.39, 0.29) is 12.2 Å². The van der Waals surface area contributed by atoms with E-state index in [1.807, 2.05) is 32.0 Å². The zero-order chi connectivity index (χ0) is 25.1. The molecule has 3 aromatic carbocycles. The molecule has 0 radical (unpaired) electrons. The molecule has 7 nitrogen and oxygen atoms in total. The first-order valence-electron chi connectivity index (χ1n) is 10.7. The van der Waals surface area contributed by atoms with Crippen molar-refractivity contribution in [2.45, 2.75) is 20.5 Å². The lowest BCUT2D eigenvalue weighted by Gasteiger charge is -2.26. The van der Waals surface area contributed by atoms with E-state index in [0.29, 0.717) is 22.6 Å². The van der Waals surface area contributed by atoms with Gasteiger partial charge in [0.25, 0.3) is 11.8 Å². The number of carbonyl (C=O) groups excluding carboxylic acids is 3. The predicted octanol–water partition coefficient (Wildman–Crippen LogP) is 5.03. The van der Waals surface area contributed by atoms with Gasteiger partial charge in [0.1, 0.15) is 17.9 Å². The summed E-state index contributed by atoms with van der Waals surface area (Å²) >= 11 is 2.11. The average molecular weight is 577 g/mol. The molecule has 1 fully saturated rings. The van der Waals surface area contributed by atoms with Crippen molar-refractivity contribution in [1.82, 2.24) is 5.32 Å². The Morgan fingerprint density at radius 3 is 2.51 bits per heavy atom. The van der Waals surface area contributed by atoms with Crippen molar-refractivity contribution in [3.8, 4) is 11.8 Å². The number of aryl methyl sites for hydroxylation is 2. The van der Waals surface area contributed by atoms with Gasteiger partial charge in [-0.05, 0) is 89.5 Å². The lowest BCUT2D eigenvalue weighted by atomic mass is 10.0. The van der Waals surface area contributed by atoms with E-state index >= 15 is 0 Å². The molecule has 4 rings (SSSR count). The summed E-state index contributed by atoms with van der Waals surface area (Å²) in [5, 5.41) is 11.5. The minimum atomic E-state index is -0.781. The lowest BCUT2D eigenvalue weighted by Crippen LogP contribution is -2.54. The second kappa shape index (κ2) is 10.1. The van der Waals surface area contributed by atoms with Crippen molar-refractivity contribution in [2.24, 2.45) is 0 Å². The summed E-state index contributed by atoms with van der Waals surface area (Å²) in [4.78, 5) is 39.0. The monoisotopic (exact) mass is 577 g/mol. The van der Waals surface area contributed by atoms with Gasteiger partial charge >= 0.3 is 6.03 Å². The molecule has 35 heavy (non-hydrogen) atoms. The fourth-order valence-corrected chi connectivity index (χ4v) is 4.25. The highest BCUT2D eigenvalue weighted by Crippen LogP contribution is 2.27. The van der Waals surface area contributed by atoms with Crippen molar-refractivity contribution >= 4 is 52.2 Å². The number of rotatable bonds is 5. The fraction of sp³-hybridized carbons (Fsp3) is 0.111. The minimum absolute atomic E-state index is 0.143. The quantitative estimate of drug-likeness (QED) is 0.261. The molecule has 1 heterocycles. The summed E-state index contributed by atoms with van der Waals surface area (Å²) in [5.74, 6) is -0.833. The van der Waals surface area contributed by atoms with Gasteiger partial charge in [-0.3, -0.25) is 14.9 Å². The largest absolute Gasteiger partial charge is 0.488 e. The molecule has 8 heteroatoms. The standard InChI is InChI=1S/C27H20IN3O4/c1-16-7-9-21(11-17(16)2)31-26(33)22(25(32)30-27(31)34)12-18-8-10-24(23(28)13-18)35-15-20-6-4-3-5-19(20)14-29/h3-13H,15H2,1-2H3,(H,30,32,34)/b22-12+. The summed E-state index contributed by atoms with van der Waals surface area (Å²) in [6.07, 6.45) is 1.45. The molecule has 1 N–H and O–H groups in total. The molecule has 0 aliphatic carbocycles. The van der Waals surface area contributed by atoms with Crippen molar-refractivity contribution < 1.29 is 19.1 Å². The number of nitrogens with one attached hydrogen (secondary N) is 1. The number of urea groups is 1. The third kappa shape index (κ3) is 5.10. The van der Waals surface area contributed by atoms with E-state index in [4.69, 9.17) is 4.74 Å².